The number of anilines is 1. The molecule has 1 aromatic heterocycles. The van der Waals surface area contributed by atoms with Gasteiger partial charge in [-0.25, -0.2) is 4.98 Å². The minimum absolute atomic E-state index is 0.0223. The molecule has 0 aliphatic carbocycles. The Morgan fingerprint density at radius 3 is 3.04 bits per heavy atom. The van der Waals surface area contributed by atoms with Crippen molar-refractivity contribution in [1.29, 1.82) is 0 Å². The van der Waals surface area contributed by atoms with Crippen molar-refractivity contribution in [2.75, 3.05) is 25.5 Å². The molecule has 1 aliphatic heterocycles. The van der Waals surface area contributed by atoms with Gasteiger partial charge in [0.25, 0.3) is 0 Å². The highest BCUT2D eigenvalue weighted by atomic mass is 16.5. The van der Waals surface area contributed by atoms with E-state index in [-0.39, 0.29) is 12.6 Å². The van der Waals surface area contributed by atoms with Gasteiger partial charge in [0.05, 0.1) is 18.7 Å². The Balaban J connectivity index is 2.10. The summed E-state index contributed by atoms with van der Waals surface area (Å²) in [6.07, 6.45) is 0.910. The van der Waals surface area contributed by atoms with Gasteiger partial charge in [-0.1, -0.05) is 11.2 Å². The highest BCUT2D eigenvalue weighted by Gasteiger charge is 2.20. The summed E-state index contributed by atoms with van der Waals surface area (Å²) in [5.41, 5.74) is 8.83. The number of nitroso groups, excluding NO2 is 1. The summed E-state index contributed by atoms with van der Waals surface area (Å²) in [4.78, 5) is 19.3. The van der Waals surface area contributed by atoms with Crippen LogP contribution in [-0.2, 0) is 4.74 Å². The van der Waals surface area contributed by atoms with Crippen LogP contribution in [0.2, 0.25) is 0 Å². The number of fused-ring (bicyclic) bond motifs is 1. The SMILES string of the molecule is CC(CN=O)=Nc1c(N)nc2cccc(OC3CCOC3)c2c1C. The molecule has 1 aromatic carbocycles. The van der Waals surface area contributed by atoms with Crippen molar-refractivity contribution >= 4 is 28.1 Å². The zero-order chi connectivity index (χ0) is 17.1. The van der Waals surface area contributed by atoms with Gasteiger partial charge in [-0.05, 0) is 31.5 Å². The molecule has 1 fully saturated rings. The Labute approximate surface area is 139 Å². The summed E-state index contributed by atoms with van der Waals surface area (Å²) in [7, 11) is 0. The van der Waals surface area contributed by atoms with Gasteiger partial charge >= 0.3 is 0 Å². The lowest BCUT2D eigenvalue weighted by atomic mass is 10.1. The number of hydrogen-bond donors (Lipinski definition) is 1. The summed E-state index contributed by atoms with van der Waals surface area (Å²) >= 11 is 0. The molecular formula is C17H20N4O3. The molecule has 7 heteroatoms. The molecule has 1 atom stereocenters. The molecule has 2 N–H and O–H groups in total. The first kappa shape index (κ1) is 16.3. The van der Waals surface area contributed by atoms with E-state index in [0.29, 0.717) is 30.4 Å². The molecule has 0 bridgehead atoms. The van der Waals surface area contributed by atoms with Crippen molar-refractivity contribution in [2.24, 2.45) is 10.2 Å². The summed E-state index contributed by atoms with van der Waals surface area (Å²) in [6, 6.07) is 5.70. The molecule has 3 rings (SSSR count). The first-order chi connectivity index (χ1) is 11.6. The molecule has 0 radical (unpaired) electrons. The number of aliphatic imine (C=N–C) groups is 1. The van der Waals surface area contributed by atoms with Crippen LogP contribution < -0.4 is 10.5 Å². The number of nitrogens with two attached hydrogens (primary N) is 1. The fourth-order valence-electron chi connectivity index (χ4n) is 2.83. The van der Waals surface area contributed by atoms with Crippen LogP contribution in [0.3, 0.4) is 0 Å². The van der Waals surface area contributed by atoms with Gasteiger partial charge in [-0.3, -0.25) is 4.99 Å². The van der Waals surface area contributed by atoms with E-state index in [9.17, 15) is 4.91 Å². The van der Waals surface area contributed by atoms with Crippen LogP contribution in [0.15, 0.2) is 28.4 Å². The van der Waals surface area contributed by atoms with E-state index in [1.54, 1.807) is 6.92 Å². The number of pyridine rings is 1. The molecule has 2 aromatic rings. The van der Waals surface area contributed by atoms with Crippen molar-refractivity contribution in [3.8, 4) is 5.75 Å². The Morgan fingerprint density at radius 2 is 2.33 bits per heavy atom. The summed E-state index contributed by atoms with van der Waals surface area (Å²) in [6.45, 7) is 5.00. The van der Waals surface area contributed by atoms with Crippen molar-refractivity contribution in [1.82, 2.24) is 4.98 Å². The van der Waals surface area contributed by atoms with E-state index in [1.165, 1.54) is 0 Å². The van der Waals surface area contributed by atoms with E-state index in [0.717, 1.165) is 28.6 Å². The molecule has 7 nitrogen and oxygen atoms in total. The van der Waals surface area contributed by atoms with Crippen LogP contribution in [0.5, 0.6) is 5.75 Å². The summed E-state index contributed by atoms with van der Waals surface area (Å²) in [5, 5.41) is 3.74. The number of benzene rings is 1. The van der Waals surface area contributed by atoms with Crippen LogP contribution in [0.4, 0.5) is 11.5 Å². The number of nitrogen functional groups attached to an aromatic ring is 1. The molecule has 1 saturated heterocycles. The maximum Gasteiger partial charge on any atom is 0.150 e. The minimum atomic E-state index is 0.0223. The Bertz CT molecular complexity index is 798. The summed E-state index contributed by atoms with van der Waals surface area (Å²) in [5.74, 6) is 1.07. The monoisotopic (exact) mass is 328 g/mol. The van der Waals surface area contributed by atoms with E-state index in [4.69, 9.17) is 15.2 Å². The van der Waals surface area contributed by atoms with Crippen LogP contribution in [-0.4, -0.2) is 36.6 Å². The quantitative estimate of drug-likeness (QED) is 0.671. The van der Waals surface area contributed by atoms with Gasteiger partial charge < -0.3 is 15.2 Å². The van der Waals surface area contributed by atoms with Crippen LogP contribution in [0.25, 0.3) is 10.9 Å². The average molecular weight is 328 g/mol. The fraction of sp³-hybridized carbons (Fsp3) is 0.412. The minimum Gasteiger partial charge on any atom is -0.487 e. The van der Waals surface area contributed by atoms with Gasteiger partial charge in [0, 0.05) is 17.5 Å². The van der Waals surface area contributed by atoms with E-state index < -0.39 is 0 Å². The van der Waals surface area contributed by atoms with Crippen molar-refractivity contribution in [3.05, 3.63) is 28.7 Å². The zero-order valence-corrected chi connectivity index (χ0v) is 13.8. The van der Waals surface area contributed by atoms with E-state index in [2.05, 4.69) is 15.2 Å². The molecule has 0 amide bonds. The second-order valence-electron chi connectivity index (χ2n) is 5.86. The largest absolute Gasteiger partial charge is 0.487 e. The van der Waals surface area contributed by atoms with E-state index >= 15 is 0 Å². The molecule has 1 unspecified atom stereocenters. The highest BCUT2D eigenvalue weighted by Crippen LogP contribution is 2.37. The van der Waals surface area contributed by atoms with Crippen LogP contribution in [0.1, 0.15) is 18.9 Å². The molecule has 1 aliphatic rings. The first-order valence-corrected chi connectivity index (χ1v) is 7.86. The van der Waals surface area contributed by atoms with Crippen molar-refractivity contribution in [3.63, 3.8) is 0 Å². The number of aryl methyl sites for hydroxylation is 1. The first-order valence-electron chi connectivity index (χ1n) is 7.86. The fourth-order valence-corrected chi connectivity index (χ4v) is 2.83. The highest BCUT2D eigenvalue weighted by molar-refractivity contribution is 5.96. The Kier molecular flexibility index (Phi) is 4.71. The van der Waals surface area contributed by atoms with Crippen LogP contribution >= 0.6 is 0 Å². The third kappa shape index (κ3) is 3.21. The van der Waals surface area contributed by atoms with E-state index in [1.807, 2.05) is 25.1 Å². The predicted molar refractivity (Wildman–Crippen MR) is 94.2 cm³/mol. The van der Waals surface area contributed by atoms with Gasteiger partial charge in [-0.15, -0.1) is 0 Å². The van der Waals surface area contributed by atoms with Gasteiger partial charge in [0.1, 0.15) is 29.9 Å². The van der Waals surface area contributed by atoms with Crippen molar-refractivity contribution in [2.45, 2.75) is 26.4 Å². The van der Waals surface area contributed by atoms with Crippen LogP contribution in [0, 0.1) is 11.8 Å². The zero-order valence-electron chi connectivity index (χ0n) is 13.8. The lowest BCUT2D eigenvalue weighted by molar-refractivity contribution is 0.142. The molecule has 0 saturated carbocycles. The van der Waals surface area contributed by atoms with Gasteiger partial charge in [0.2, 0.25) is 0 Å². The predicted octanol–water partition coefficient (Wildman–Crippen LogP) is 3.15. The molecular weight excluding hydrogens is 308 g/mol. The smallest absolute Gasteiger partial charge is 0.150 e. The Morgan fingerprint density at radius 1 is 1.50 bits per heavy atom. The maximum atomic E-state index is 10.4. The standard InChI is InChI=1S/C17H20N4O3/c1-10(8-19-22)20-16-11(2)15-13(21-17(16)18)4-3-5-14(15)24-12-6-7-23-9-12/h3-5,12H,6-9H2,1-2H3,(H2,18,21). The second kappa shape index (κ2) is 6.92. The Hall–Kier alpha value is -2.54. The van der Waals surface area contributed by atoms with Gasteiger partial charge in [0.15, 0.2) is 0 Å². The number of rotatable bonds is 5. The molecule has 0 spiro atoms. The number of nitrogens with zero attached hydrogens (tertiary/aromatic N) is 3. The third-order valence-corrected chi connectivity index (χ3v) is 4.00. The molecule has 126 valence electrons. The van der Waals surface area contributed by atoms with Crippen molar-refractivity contribution < 1.29 is 9.47 Å². The molecule has 24 heavy (non-hydrogen) atoms. The normalized spacial score (nSPS) is 18.1. The molecule has 2 heterocycles. The summed E-state index contributed by atoms with van der Waals surface area (Å²) < 4.78 is 11.5. The number of ether oxygens (including phenoxy) is 2. The maximum absolute atomic E-state index is 10.4. The lowest BCUT2D eigenvalue weighted by Crippen LogP contribution is -2.16. The number of aromatic nitrogens is 1. The third-order valence-electron chi connectivity index (χ3n) is 4.00. The topological polar surface area (TPSA) is 99.2 Å². The lowest BCUT2D eigenvalue weighted by Gasteiger charge is -2.16. The second-order valence-corrected chi connectivity index (χ2v) is 5.86. The number of hydrogen-bond acceptors (Lipinski definition) is 7. The van der Waals surface area contributed by atoms with Gasteiger partial charge in [-0.2, -0.15) is 4.91 Å². The average Bonchev–Trinajstić information content (AvgIpc) is 3.04.